The normalized spacial score (nSPS) is 11.7. The summed E-state index contributed by atoms with van der Waals surface area (Å²) in [6.07, 6.45) is 1.12. The summed E-state index contributed by atoms with van der Waals surface area (Å²) in [6.45, 7) is 6.40. The molecule has 3 aromatic rings. The van der Waals surface area contributed by atoms with E-state index in [1.807, 2.05) is 75.4 Å². The van der Waals surface area contributed by atoms with Crippen molar-refractivity contribution in [1.29, 1.82) is 0 Å². The number of hydrogen-bond donors (Lipinski definition) is 1. The van der Waals surface area contributed by atoms with E-state index in [9.17, 15) is 14.0 Å². The zero-order valence-corrected chi connectivity index (χ0v) is 21.2. The first-order valence-corrected chi connectivity index (χ1v) is 12.4. The maximum atomic E-state index is 13.5. The van der Waals surface area contributed by atoms with E-state index in [0.717, 1.165) is 22.4 Å². The van der Waals surface area contributed by atoms with Gasteiger partial charge in [0.2, 0.25) is 11.8 Å². The lowest BCUT2D eigenvalue weighted by molar-refractivity contribution is -0.141. The largest absolute Gasteiger partial charge is 0.494 e. The molecule has 1 atom stereocenters. The van der Waals surface area contributed by atoms with E-state index in [0.29, 0.717) is 19.4 Å². The van der Waals surface area contributed by atoms with Gasteiger partial charge in [-0.3, -0.25) is 9.59 Å². The molecule has 1 N–H and O–H groups in total. The van der Waals surface area contributed by atoms with Crippen LogP contribution in [0.1, 0.15) is 43.4 Å². The maximum absolute atomic E-state index is 13.5. The van der Waals surface area contributed by atoms with Crippen LogP contribution in [0.25, 0.3) is 0 Å². The molecule has 190 valence electrons. The van der Waals surface area contributed by atoms with Crippen molar-refractivity contribution in [2.45, 2.75) is 58.7 Å². The Bertz CT molecular complexity index is 1100. The summed E-state index contributed by atoms with van der Waals surface area (Å²) >= 11 is 0. The monoisotopic (exact) mass is 490 g/mol. The van der Waals surface area contributed by atoms with Crippen molar-refractivity contribution in [2.24, 2.45) is 0 Å². The van der Waals surface area contributed by atoms with Gasteiger partial charge in [-0.25, -0.2) is 4.39 Å². The summed E-state index contributed by atoms with van der Waals surface area (Å²) in [5.41, 5.74) is 2.87. The SMILES string of the molecule is Cc1ccc(OCCCC(=O)N(Cc2ccc(F)cc2)C(Cc2ccccc2)C(=O)NC(C)C)cc1. The van der Waals surface area contributed by atoms with Crippen LogP contribution in [-0.2, 0) is 22.6 Å². The lowest BCUT2D eigenvalue weighted by atomic mass is 10.0. The molecule has 0 saturated carbocycles. The van der Waals surface area contributed by atoms with E-state index in [4.69, 9.17) is 4.74 Å². The zero-order chi connectivity index (χ0) is 25.9. The molecule has 0 heterocycles. The average Bonchev–Trinajstić information content (AvgIpc) is 2.86. The van der Waals surface area contributed by atoms with Crippen LogP contribution < -0.4 is 10.1 Å². The summed E-state index contributed by atoms with van der Waals surface area (Å²) in [6, 6.07) is 22.7. The van der Waals surface area contributed by atoms with Gasteiger partial charge in [-0.15, -0.1) is 0 Å². The number of carbonyl (C=O) groups excluding carboxylic acids is 2. The predicted octanol–water partition coefficient (Wildman–Crippen LogP) is 5.46. The van der Waals surface area contributed by atoms with Crippen molar-refractivity contribution in [3.8, 4) is 5.75 Å². The smallest absolute Gasteiger partial charge is 0.243 e. The third kappa shape index (κ3) is 8.52. The van der Waals surface area contributed by atoms with Crippen molar-refractivity contribution in [3.05, 3.63) is 101 Å². The second-order valence-electron chi connectivity index (χ2n) is 9.28. The fraction of sp³-hybridized carbons (Fsp3) is 0.333. The standard InChI is InChI=1S/C30H35FN2O3/c1-22(2)32-30(35)28(20-24-8-5-4-6-9-24)33(21-25-13-15-26(31)16-14-25)29(34)10-7-19-36-27-17-11-23(3)12-18-27/h4-6,8-9,11-18,22,28H,7,10,19-21H2,1-3H3,(H,32,35). The minimum atomic E-state index is -0.703. The molecule has 3 aromatic carbocycles. The number of rotatable bonds is 12. The molecule has 0 spiro atoms. The lowest BCUT2D eigenvalue weighted by Crippen LogP contribution is -2.51. The summed E-state index contributed by atoms with van der Waals surface area (Å²) in [5, 5.41) is 2.97. The van der Waals surface area contributed by atoms with E-state index in [1.54, 1.807) is 17.0 Å². The third-order valence-corrected chi connectivity index (χ3v) is 5.79. The number of aryl methyl sites for hydroxylation is 1. The number of hydrogen-bond acceptors (Lipinski definition) is 3. The van der Waals surface area contributed by atoms with Gasteiger partial charge < -0.3 is 15.0 Å². The predicted molar refractivity (Wildman–Crippen MR) is 140 cm³/mol. The van der Waals surface area contributed by atoms with Crippen molar-refractivity contribution in [2.75, 3.05) is 6.61 Å². The number of carbonyl (C=O) groups is 2. The van der Waals surface area contributed by atoms with Crippen LogP contribution in [0.3, 0.4) is 0 Å². The molecule has 0 bridgehead atoms. The quantitative estimate of drug-likeness (QED) is 0.343. The van der Waals surface area contributed by atoms with Crippen LogP contribution in [0.15, 0.2) is 78.9 Å². The summed E-state index contributed by atoms with van der Waals surface area (Å²) in [4.78, 5) is 28.4. The molecular formula is C30H35FN2O3. The third-order valence-electron chi connectivity index (χ3n) is 5.79. The summed E-state index contributed by atoms with van der Waals surface area (Å²) in [5.74, 6) is 0.0599. The molecule has 0 fully saturated rings. The highest BCUT2D eigenvalue weighted by Gasteiger charge is 2.30. The minimum Gasteiger partial charge on any atom is -0.494 e. The van der Waals surface area contributed by atoms with Crippen LogP contribution in [0.4, 0.5) is 4.39 Å². The molecule has 0 aromatic heterocycles. The molecule has 0 aliphatic heterocycles. The number of benzene rings is 3. The van der Waals surface area contributed by atoms with Gasteiger partial charge in [-0.05, 0) is 62.6 Å². The Hall–Kier alpha value is -3.67. The molecular weight excluding hydrogens is 455 g/mol. The van der Waals surface area contributed by atoms with E-state index in [1.165, 1.54) is 12.1 Å². The van der Waals surface area contributed by atoms with Crippen molar-refractivity contribution in [1.82, 2.24) is 10.2 Å². The molecule has 3 rings (SSSR count). The molecule has 6 heteroatoms. The zero-order valence-electron chi connectivity index (χ0n) is 21.2. The Morgan fingerprint density at radius 2 is 1.58 bits per heavy atom. The fourth-order valence-corrected chi connectivity index (χ4v) is 3.91. The van der Waals surface area contributed by atoms with Gasteiger partial charge >= 0.3 is 0 Å². The lowest BCUT2D eigenvalue weighted by Gasteiger charge is -2.32. The van der Waals surface area contributed by atoms with Crippen LogP contribution >= 0.6 is 0 Å². The van der Waals surface area contributed by atoms with Gasteiger partial charge in [-0.2, -0.15) is 0 Å². The first-order chi connectivity index (χ1) is 17.3. The fourth-order valence-electron chi connectivity index (χ4n) is 3.91. The van der Waals surface area contributed by atoms with Gasteiger partial charge in [0.1, 0.15) is 17.6 Å². The Balaban J connectivity index is 1.77. The molecule has 2 amide bonds. The van der Waals surface area contributed by atoms with E-state index < -0.39 is 6.04 Å². The average molecular weight is 491 g/mol. The molecule has 0 aliphatic rings. The molecule has 5 nitrogen and oxygen atoms in total. The number of halogens is 1. The molecule has 0 saturated heterocycles. The number of amides is 2. The first-order valence-electron chi connectivity index (χ1n) is 12.4. The van der Waals surface area contributed by atoms with Crippen LogP contribution in [0, 0.1) is 12.7 Å². The van der Waals surface area contributed by atoms with Crippen LogP contribution in [0.2, 0.25) is 0 Å². The van der Waals surface area contributed by atoms with Gasteiger partial charge in [0, 0.05) is 25.4 Å². The Labute approximate surface area is 213 Å². The van der Waals surface area contributed by atoms with Gasteiger partial charge in [0.15, 0.2) is 0 Å². The first kappa shape index (κ1) is 26.9. The molecule has 0 aliphatic carbocycles. The highest BCUT2D eigenvalue weighted by atomic mass is 19.1. The summed E-state index contributed by atoms with van der Waals surface area (Å²) < 4.78 is 19.3. The van der Waals surface area contributed by atoms with E-state index in [-0.39, 0.29) is 36.6 Å². The number of nitrogens with one attached hydrogen (secondary N) is 1. The van der Waals surface area contributed by atoms with Gasteiger partial charge in [0.05, 0.1) is 6.61 Å². The van der Waals surface area contributed by atoms with Crippen molar-refractivity contribution in [3.63, 3.8) is 0 Å². The molecule has 1 unspecified atom stereocenters. The topological polar surface area (TPSA) is 58.6 Å². The van der Waals surface area contributed by atoms with Crippen molar-refractivity contribution >= 4 is 11.8 Å². The Kier molecular flexibility index (Phi) is 10.0. The van der Waals surface area contributed by atoms with Gasteiger partial charge in [0.25, 0.3) is 0 Å². The van der Waals surface area contributed by atoms with Gasteiger partial charge in [-0.1, -0.05) is 60.2 Å². The number of ether oxygens (including phenoxy) is 1. The molecule has 36 heavy (non-hydrogen) atoms. The molecule has 0 radical (unpaired) electrons. The van der Waals surface area contributed by atoms with Crippen molar-refractivity contribution < 1.29 is 18.7 Å². The highest BCUT2D eigenvalue weighted by molar-refractivity contribution is 5.88. The van der Waals surface area contributed by atoms with E-state index >= 15 is 0 Å². The van der Waals surface area contributed by atoms with E-state index in [2.05, 4.69) is 5.32 Å². The second-order valence-corrected chi connectivity index (χ2v) is 9.28. The Morgan fingerprint density at radius 3 is 2.22 bits per heavy atom. The second kappa shape index (κ2) is 13.4. The number of nitrogens with zero attached hydrogens (tertiary/aromatic N) is 1. The van der Waals surface area contributed by atoms with Crippen LogP contribution in [0.5, 0.6) is 5.75 Å². The highest BCUT2D eigenvalue weighted by Crippen LogP contribution is 2.18. The summed E-state index contributed by atoms with van der Waals surface area (Å²) in [7, 11) is 0. The Morgan fingerprint density at radius 1 is 0.917 bits per heavy atom. The maximum Gasteiger partial charge on any atom is 0.243 e. The minimum absolute atomic E-state index is 0.0681. The van der Waals surface area contributed by atoms with Crippen LogP contribution in [-0.4, -0.2) is 35.4 Å².